The Bertz CT molecular complexity index is 405. The molecule has 19 heavy (non-hydrogen) atoms. The van der Waals surface area contributed by atoms with Crippen LogP contribution in [0.15, 0.2) is 0 Å². The number of hydrogen-bond acceptors (Lipinski definition) is 6. The standard InChI is InChI=1S/C12H25N3O2S2/c1-14-5-3-12(10-13,4-6-14)15-7-8-18-9-11(15)19(2,16)17/h11H,3-10,13H2,1-2H3. The molecule has 2 saturated heterocycles. The summed E-state index contributed by atoms with van der Waals surface area (Å²) in [6.45, 7) is 3.38. The van der Waals surface area contributed by atoms with Crippen molar-refractivity contribution in [2.24, 2.45) is 5.73 Å². The van der Waals surface area contributed by atoms with E-state index in [0.717, 1.165) is 38.2 Å². The number of thioether (sulfide) groups is 1. The summed E-state index contributed by atoms with van der Waals surface area (Å²) in [6, 6.07) is 0. The molecule has 5 nitrogen and oxygen atoms in total. The molecule has 0 aromatic carbocycles. The van der Waals surface area contributed by atoms with Crippen LogP contribution in [-0.4, -0.2) is 80.1 Å². The molecule has 0 aromatic heterocycles. The van der Waals surface area contributed by atoms with Crippen LogP contribution < -0.4 is 5.73 Å². The lowest BCUT2D eigenvalue weighted by Gasteiger charge is -2.51. The Morgan fingerprint density at radius 3 is 2.47 bits per heavy atom. The summed E-state index contributed by atoms with van der Waals surface area (Å²) in [5.74, 6) is 1.68. The van der Waals surface area contributed by atoms with E-state index in [0.29, 0.717) is 12.3 Å². The number of hydrogen-bond donors (Lipinski definition) is 1. The molecule has 2 aliphatic heterocycles. The molecule has 112 valence electrons. The van der Waals surface area contributed by atoms with E-state index in [-0.39, 0.29) is 10.9 Å². The topological polar surface area (TPSA) is 66.6 Å². The van der Waals surface area contributed by atoms with E-state index in [1.807, 2.05) is 0 Å². The van der Waals surface area contributed by atoms with Crippen molar-refractivity contribution in [2.75, 3.05) is 51.0 Å². The van der Waals surface area contributed by atoms with E-state index in [4.69, 9.17) is 5.73 Å². The van der Waals surface area contributed by atoms with Crippen LogP contribution in [0.25, 0.3) is 0 Å². The molecule has 0 amide bonds. The lowest BCUT2D eigenvalue weighted by molar-refractivity contribution is 0.0306. The summed E-state index contributed by atoms with van der Waals surface area (Å²) in [5.41, 5.74) is 5.93. The Morgan fingerprint density at radius 2 is 1.95 bits per heavy atom. The maximum Gasteiger partial charge on any atom is 0.164 e. The number of nitrogens with two attached hydrogens (primary N) is 1. The molecule has 2 fully saturated rings. The van der Waals surface area contributed by atoms with E-state index in [2.05, 4.69) is 16.8 Å². The van der Waals surface area contributed by atoms with Gasteiger partial charge >= 0.3 is 0 Å². The monoisotopic (exact) mass is 307 g/mol. The van der Waals surface area contributed by atoms with Gasteiger partial charge in [-0.15, -0.1) is 0 Å². The van der Waals surface area contributed by atoms with Crippen molar-refractivity contribution < 1.29 is 8.42 Å². The van der Waals surface area contributed by atoms with Gasteiger partial charge in [-0.05, 0) is 33.0 Å². The van der Waals surface area contributed by atoms with Gasteiger partial charge in [0.05, 0.1) is 0 Å². The molecule has 0 bridgehead atoms. The highest BCUT2D eigenvalue weighted by atomic mass is 32.2. The van der Waals surface area contributed by atoms with Gasteiger partial charge in [0.25, 0.3) is 0 Å². The molecule has 0 spiro atoms. The first-order valence-corrected chi connectivity index (χ1v) is 9.92. The van der Waals surface area contributed by atoms with Gasteiger partial charge in [-0.3, -0.25) is 4.90 Å². The second-order valence-corrected chi connectivity index (χ2v) is 9.14. The Kier molecular flexibility index (Phi) is 4.83. The summed E-state index contributed by atoms with van der Waals surface area (Å²) >= 11 is 1.74. The highest BCUT2D eigenvalue weighted by Gasteiger charge is 2.45. The molecular weight excluding hydrogens is 282 g/mol. The van der Waals surface area contributed by atoms with Crippen molar-refractivity contribution in [1.82, 2.24) is 9.80 Å². The highest BCUT2D eigenvalue weighted by Crippen LogP contribution is 2.34. The zero-order valence-electron chi connectivity index (χ0n) is 11.8. The number of piperidine rings is 1. The lowest BCUT2D eigenvalue weighted by atomic mass is 9.85. The van der Waals surface area contributed by atoms with Crippen molar-refractivity contribution >= 4 is 21.6 Å². The largest absolute Gasteiger partial charge is 0.329 e. The smallest absolute Gasteiger partial charge is 0.164 e. The van der Waals surface area contributed by atoms with E-state index in [1.54, 1.807) is 11.8 Å². The molecule has 0 radical (unpaired) electrons. The molecule has 1 unspecified atom stereocenters. The first kappa shape index (κ1) is 15.6. The molecule has 0 aromatic rings. The zero-order chi connectivity index (χ0) is 14.1. The Morgan fingerprint density at radius 1 is 1.32 bits per heavy atom. The summed E-state index contributed by atoms with van der Waals surface area (Å²) < 4.78 is 24.1. The molecule has 2 rings (SSSR count). The molecule has 0 aliphatic carbocycles. The molecule has 7 heteroatoms. The van der Waals surface area contributed by atoms with Crippen LogP contribution in [0.5, 0.6) is 0 Å². The lowest BCUT2D eigenvalue weighted by Crippen LogP contribution is -2.65. The number of rotatable bonds is 3. The van der Waals surface area contributed by atoms with Gasteiger partial charge < -0.3 is 10.6 Å². The van der Waals surface area contributed by atoms with Crippen LogP contribution in [0.2, 0.25) is 0 Å². The van der Waals surface area contributed by atoms with Crippen molar-refractivity contribution in [1.29, 1.82) is 0 Å². The minimum absolute atomic E-state index is 0.124. The van der Waals surface area contributed by atoms with E-state index >= 15 is 0 Å². The summed E-state index contributed by atoms with van der Waals surface area (Å²) in [7, 11) is -0.939. The van der Waals surface area contributed by atoms with Gasteiger partial charge in [-0.25, -0.2) is 8.42 Å². The Hall–Kier alpha value is 0.180. The van der Waals surface area contributed by atoms with Crippen LogP contribution in [0, 0.1) is 0 Å². The number of nitrogens with zero attached hydrogens (tertiary/aromatic N) is 2. The van der Waals surface area contributed by atoms with Gasteiger partial charge in [0.15, 0.2) is 9.84 Å². The predicted molar refractivity (Wildman–Crippen MR) is 81.2 cm³/mol. The van der Waals surface area contributed by atoms with Gasteiger partial charge in [0.2, 0.25) is 0 Å². The van der Waals surface area contributed by atoms with Gasteiger partial charge in [-0.1, -0.05) is 0 Å². The van der Waals surface area contributed by atoms with Crippen LogP contribution >= 0.6 is 11.8 Å². The van der Waals surface area contributed by atoms with Crippen molar-refractivity contribution in [3.8, 4) is 0 Å². The molecule has 0 saturated carbocycles. The highest BCUT2D eigenvalue weighted by molar-refractivity contribution is 8.00. The van der Waals surface area contributed by atoms with Crippen molar-refractivity contribution in [3.05, 3.63) is 0 Å². The van der Waals surface area contributed by atoms with Gasteiger partial charge in [0.1, 0.15) is 5.37 Å². The summed E-state index contributed by atoms with van der Waals surface area (Å²) in [5, 5.41) is -0.363. The second kappa shape index (κ2) is 5.89. The third-order valence-electron chi connectivity index (χ3n) is 4.49. The Labute approximate surface area is 120 Å². The zero-order valence-corrected chi connectivity index (χ0v) is 13.5. The van der Waals surface area contributed by atoms with Gasteiger partial charge in [-0.2, -0.15) is 11.8 Å². The Balaban J connectivity index is 2.24. The third-order valence-corrected chi connectivity index (χ3v) is 7.13. The number of likely N-dealkylation sites (tertiary alicyclic amines) is 1. The average Bonchev–Trinajstić information content (AvgIpc) is 2.39. The predicted octanol–water partition coefficient (Wildman–Crippen LogP) is -0.171. The van der Waals surface area contributed by atoms with E-state index < -0.39 is 9.84 Å². The molecule has 2 heterocycles. The third kappa shape index (κ3) is 3.26. The second-order valence-electron chi connectivity index (χ2n) is 5.78. The fourth-order valence-corrected chi connectivity index (χ4v) is 6.06. The van der Waals surface area contributed by atoms with Gasteiger partial charge in [0, 0.05) is 36.4 Å². The molecule has 1 atom stereocenters. The average molecular weight is 307 g/mol. The number of sulfone groups is 1. The minimum Gasteiger partial charge on any atom is -0.329 e. The first-order valence-electron chi connectivity index (χ1n) is 6.81. The quantitative estimate of drug-likeness (QED) is 0.781. The fourth-order valence-electron chi connectivity index (χ4n) is 3.12. The van der Waals surface area contributed by atoms with Crippen LogP contribution in [0.4, 0.5) is 0 Å². The molecule has 2 aliphatic rings. The summed E-state index contributed by atoms with van der Waals surface area (Å²) in [4.78, 5) is 4.49. The first-order chi connectivity index (χ1) is 8.89. The molecular formula is C12H25N3O2S2. The van der Waals surface area contributed by atoms with Crippen molar-refractivity contribution in [2.45, 2.75) is 23.8 Å². The van der Waals surface area contributed by atoms with Crippen LogP contribution in [-0.2, 0) is 9.84 Å². The normalized spacial score (nSPS) is 30.4. The molecule has 2 N–H and O–H groups in total. The van der Waals surface area contributed by atoms with E-state index in [1.165, 1.54) is 6.26 Å². The minimum atomic E-state index is -3.05. The SMILES string of the molecule is CN1CCC(CN)(N2CCSCC2S(C)(=O)=O)CC1. The fraction of sp³-hybridized carbons (Fsp3) is 1.00. The van der Waals surface area contributed by atoms with Crippen LogP contribution in [0.1, 0.15) is 12.8 Å². The summed E-state index contributed by atoms with van der Waals surface area (Å²) in [6.07, 6.45) is 3.29. The van der Waals surface area contributed by atoms with Crippen LogP contribution in [0.3, 0.4) is 0 Å². The maximum absolute atomic E-state index is 12.1. The van der Waals surface area contributed by atoms with Crippen molar-refractivity contribution in [3.63, 3.8) is 0 Å². The van der Waals surface area contributed by atoms with E-state index in [9.17, 15) is 8.42 Å². The maximum atomic E-state index is 12.1.